The van der Waals surface area contributed by atoms with Crippen LogP contribution in [0.2, 0.25) is 0 Å². The highest BCUT2D eigenvalue weighted by Crippen LogP contribution is 2.33. The molecule has 1 N–H and O–H groups in total. The van der Waals surface area contributed by atoms with Crippen molar-refractivity contribution in [2.45, 2.75) is 37.8 Å². The zero-order chi connectivity index (χ0) is 11.7. The predicted molar refractivity (Wildman–Crippen MR) is 70.9 cm³/mol. The summed E-state index contributed by atoms with van der Waals surface area (Å²) in [5.74, 6) is 2.46. The molecule has 1 saturated heterocycles. The van der Waals surface area contributed by atoms with Gasteiger partial charge in [-0.3, -0.25) is 0 Å². The van der Waals surface area contributed by atoms with Crippen molar-refractivity contribution in [3.05, 3.63) is 35.1 Å². The minimum absolute atomic E-state index is 0.0986. The molecule has 0 aromatic heterocycles. The summed E-state index contributed by atoms with van der Waals surface area (Å²) in [7, 11) is 0. The first kappa shape index (κ1) is 11.5. The minimum atomic E-state index is -0.0986. The van der Waals surface area contributed by atoms with Crippen LogP contribution in [0.4, 0.5) is 4.39 Å². The van der Waals surface area contributed by atoms with Crippen LogP contribution in [0.5, 0.6) is 0 Å². The maximum Gasteiger partial charge on any atom is 0.123 e. The fraction of sp³-hybridized carbons (Fsp3) is 0.571. The Morgan fingerprint density at radius 2 is 2.00 bits per heavy atom. The summed E-state index contributed by atoms with van der Waals surface area (Å²) < 4.78 is 13.1. The van der Waals surface area contributed by atoms with Gasteiger partial charge in [0.2, 0.25) is 0 Å². The average Bonchev–Trinajstić information content (AvgIpc) is 2.73. The van der Waals surface area contributed by atoms with Gasteiger partial charge in [0.05, 0.1) is 0 Å². The average molecular weight is 251 g/mol. The van der Waals surface area contributed by atoms with Gasteiger partial charge >= 0.3 is 0 Å². The first-order chi connectivity index (χ1) is 8.33. The molecule has 1 nitrogen and oxygen atoms in total. The van der Waals surface area contributed by atoms with Crippen LogP contribution in [0.25, 0.3) is 0 Å². The van der Waals surface area contributed by atoms with Crippen molar-refractivity contribution in [2.24, 2.45) is 0 Å². The van der Waals surface area contributed by atoms with E-state index in [2.05, 4.69) is 17.1 Å². The third-order valence-electron chi connectivity index (χ3n) is 3.84. The second kappa shape index (κ2) is 4.99. The standard InChI is InChI=1S/C14H18FNS/c15-11-2-3-13-10(9-11)1-4-14(13)16-12-5-7-17-8-6-12/h2-3,9,12,14,16H,1,4-8H2. The van der Waals surface area contributed by atoms with E-state index in [9.17, 15) is 4.39 Å². The molecule has 3 heteroatoms. The van der Waals surface area contributed by atoms with Crippen LogP contribution in [-0.2, 0) is 6.42 Å². The van der Waals surface area contributed by atoms with Crippen molar-refractivity contribution in [3.63, 3.8) is 0 Å². The first-order valence-corrected chi connectivity index (χ1v) is 7.60. The summed E-state index contributed by atoms with van der Waals surface area (Å²) in [6.45, 7) is 0. The number of fused-ring (bicyclic) bond motifs is 1. The Balaban J connectivity index is 1.70. The minimum Gasteiger partial charge on any atom is -0.307 e. The van der Waals surface area contributed by atoms with Crippen molar-refractivity contribution in [2.75, 3.05) is 11.5 Å². The van der Waals surface area contributed by atoms with Crippen molar-refractivity contribution in [1.29, 1.82) is 0 Å². The molecule has 17 heavy (non-hydrogen) atoms. The van der Waals surface area contributed by atoms with E-state index >= 15 is 0 Å². The lowest BCUT2D eigenvalue weighted by Crippen LogP contribution is -2.34. The maximum atomic E-state index is 13.1. The molecule has 1 heterocycles. The van der Waals surface area contributed by atoms with Gasteiger partial charge < -0.3 is 5.32 Å². The number of halogens is 1. The van der Waals surface area contributed by atoms with E-state index < -0.39 is 0 Å². The summed E-state index contributed by atoms with van der Waals surface area (Å²) in [4.78, 5) is 0. The molecule has 1 aromatic rings. The molecule has 1 aromatic carbocycles. The van der Waals surface area contributed by atoms with Crippen LogP contribution in [0.15, 0.2) is 18.2 Å². The summed E-state index contributed by atoms with van der Waals surface area (Å²) in [6.07, 6.45) is 4.70. The third-order valence-corrected chi connectivity index (χ3v) is 4.89. The van der Waals surface area contributed by atoms with Gasteiger partial charge in [0.1, 0.15) is 5.82 Å². The highest BCUT2D eigenvalue weighted by atomic mass is 32.2. The van der Waals surface area contributed by atoms with Crippen molar-refractivity contribution in [3.8, 4) is 0 Å². The van der Waals surface area contributed by atoms with Gasteiger partial charge in [-0.05, 0) is 60.4 Å². The van der Waals surface area contributed by atoms with Gasteiger partial charge in [-0.15, -0.1) is 0 Å². The highest BCUT2D eigenvalue weighted by molar-refractivity contribution is 7.99. The van der Waals surface area contributed by atoms with Gasteiger partial charge in [-0.1, -0.05) is 6.07 Å². The molecule has 1 fully saturated rings. The van der Waals surface area contributed by atoms with Gasteiger partial charge in [0, 0.05) is 12.1 Å². The summed E-state index contributed by atoms with van der Waals surface area (Å²) >= 11 is 2.05. The summed E-state index contributed by atoms with van der Waals surface area (Å²) in [6, 6.07) is 6.38. The molecule has 0 saturated carbocycles. The Morgan fingerprint density at radius 3 is 2.82 bits per heavy atom. The number of hydrogen-bond acceptors (Lipinski definition) is 2. The Labute approximate surface area is 106 Å². The van der Waals surface area contributed by atoms with Crippen LogP contribution < -0.4 is 5.32 Å². The van der Waals surface area contributed by atoms with Gasteiger partial charge in [0.15, 0.2) is 0 Å². The maximum absolute atomic E-state index is 13.1. The lowest BCUT2D eigenvalue weighted by atomic mass is 10.1. The molecule has 0 amide bonds. The number of benzene rings is 1. The predicted octanol–water partition coefficient (Wildman–Crippen LogP) is 3.30. The lowest BCUT2D eigenvalue weighted by molar-refractivity contribution is 0.412. The van der Waals surface area contributed by atoms with Crippen LogP contribution in [0.3, 0.4) is 0 Å². The number of hydrogen-bond donors (Lipinski definition) is 1. The Hall–Kier alpha value is -0.540. The number of thioether (sulfide) groups is 1. The van der Waals surface area contributed by atoms with Gasteiger partial charge in [-0.2, -0.15) is 11.8 Å². The Morgan fingerprint density at radius 1 is 1.18 bits per heavy atom. The largest absolute Gasteiger partial charge is 0.307 e. The molecule has 0 bridgehead atoms. The summed E-state index contributed by atoms with van der Waals surface area (Å²) in [5, 5.41) is 3.76. The van der Waals surface area contributed by atoms with E-state index in [1.807, 2.05) is 6.07 Å². The topological polar surface area (TPSA) is 12.0 Å². The number of aryl methyl sites for hydroxylation is 1. The molecular formula is C14H18FNS. The van der Waals surface area contributed by atoms with Gasteiger partial charge in [-0.25, -0.2) is 4.39 Å². The van der Waals surface area contributed by atoms with E-state index in [0.29, 0.717) is 12.1 Å². The fourth-order valence-corrected chi connectivity index (χ4v) is 4.01. The molecule has 1 unspecified atom stereocenters. The van der Waals surface area contributed by atoms with Crippen LogP contribution >= 0.6 is 11.8 Å². The monoisotopic (exact) mass is 251 g/mol. The van der Waals surface area contributed by atoms with E-state index in [0.717, 1.165) is 12.8 Å². The molecule has 1 aliphatic heterocycles. The highest BCUT2D eigenvalue weighted by Gasteiger charge is 2.25. The second-order valence-corrected chi connectivity index (χ2v) is 6.21. The van der Waals surface area contributed by atoms with Crippen molar-refractivity contribution in [1.82, 2.24) is 5.32 Å². The molecule has 1 aliphatic carbocycles. The SMILES string of the molecule is Fc1ccc2c(c1)CCC2NC1CCSCC1. The number of rotatable bonds is 2. The normalized spacial score (nSPS) is 24.9. The third kappa shape index (κ3) is 2.50. The van der Waals surface area contributed by atoms with Crippen molar-refractivity contribution >= 4 is 11.8 Å². The molecule has 2 aliphatic rings. The van der Waals surface area contributed by atoms with Crippen LogP contribution in [0.1, 0.15) is 36.4 Å². The van der Waals surface area contributed by atoms with E-state index in [4.69, 9.17) is 0 Å². The molecule has 3 rings (SSSR count). The molecule has 1 atom stereocenters. The smallest absolute Gasteiger partial charge is 0.123 e. The van der Waals surface area contributed by atoms with E-state index in [1.54, 1.807) is 12.1 Å². The Kier molecular flexibility index (Phi) is 3.39. The molecule has 0 radical (unpaired) electrons. The zero-order valence-electron chi connectivity index (χ0n) is 9.92. The van der Waals surface area contributed by atoms with Crippen molar-refractivity contribution < 1.29 is 4.39 Å². The lowest BCUT2D eigenvalue weighted by Gasteiger charge is -2.26. The van der Waals surface area contributed by atoms with E-state index in [-0.39, 0.29) is 5.82 Å². The summed E-state index contributed by atoms with van der Waals surface area (Å²) in [5.41, 5.74) is 2.53. The fourth-order valence-electron chi connectivity index (χ4n) is 2.91. The Bertz CT molecular complexity index is 401. The van der Waals surface area contributed by atoms with Crippen LogP contribution in [-0.4, -0.2) is 17.5 Å². The second-order valence-electron chi connectivity index (χ2n) is 4.99. The quantitative estimate of drug-likeness (QED) is 0.865. The zero-order valence-corrected chi connectivity index (χ0v) is 10.7. The molecular weight excluding hydrogens is 233 g/mol. The first-order valence-electron chi connectivity index (χ1n) is 6.45. The number of nitrogens with one attached hydrogen (secondary N) is 1. The van der Waals surface area contributed by atoms with Gasteiger partial charge in [0.25, 0.3) is 0 Å². The molecule has 92 valence electrons. The molecule has 0 spiro atoms. The van der Waals surface area contributed by atoms with E-state index in [1.165, 1.54) is 35.5 Å². The van der Waals surface area contributed by atoms with Crippen LogP contribution in [0, 0.1) is 5.82 Å².